The second kappa shape index (κ2) is 5.65. The lowest BCUT2D eigenvalue weighted by molar-refractivity contribution is 0.182. The number of thioether (sulfide) groups is 1. The molecule has 0 atom stereocenters. The van der Waals surface area contributed by atoms with E-state index in [1.165, 1.54) is 0 Å². The SMILES string of the molecule is CCC1(CC)SCCN1C(=O)Nc1ccccc1. The molecular formula is C14H20N2OS. The second-order valence-electron chi connectivity index (χ2n) is 4.45. The molecule has 2 amide bonds. The van der Waals surface area contributed by atoms with Crippen LogP contribution < -0.4 is 5.32 Å². The summed E-state index contributed by atoms with van der Waals surface area (Å²) < 4.78 is 0. The molecule has 1 aliphatic rings. The standard InChI is InChI=1S/C14H20N2OS/c1-3-14(4-2)16(10-11-18-14)13(17)15-12-8-6-5-7-9-12/h5-9H,3-4,10-11H2,1-2H3,(H,15,17). The number of nitrogens with one attached hydrogen (secondary N) is 1. The number of benzene rings is 1. The Morgan fingerprint density at radius 3 is 2.61 bits per heavy atom. The van der Waals surface area contributed by atoms with Crippen molar-refractivity contribution in [2.24, 2.45) is 0 Å². The molecule has 18 heavy (non-hydrogen) atoms. The first-order chi connectivity index (χ1) is 8.72. The highest BCUT2D eigenvalue weighted by Gasteiger charge is 2.41. The van der Waals surface area contributed by atoms with Gasteiger partial charge in [0, 0.05) is 18.0 Å². The van der Waals surface area contributed by atoms with E-state index in [1.54, 1.807) is 0 Å². The number of carbonyl (C=O) groups excluding carboxylic acids is 1. The van der Waals surface area contributed by atoms with Gasteiger partial charge in [-0.3, -0.25) is 0 Å². The number of hydrogen-bond acceptors (Lipinski definition) is 2. The van der Waals surface area contributed by atoms with Crippen LogP contribution in [-0.4, -0.2) is 28.1 Å². The quantitative estimate of drug-likeness (QED) is 0.901. The Labute approximate surface area is 113 Å². The van der Waals surface area contributed by atoms with Crippen molar-refractivity contribution in [3.8, 4) is 0 Å². The number of nitrogens with zero attached hydrogens (tertiary/aromatic N) is 1. The summed E-state index contributed by atoms with van der Waals surface area (Å²) in [7, 11) is 0. The molecule has 1 heterocycles. The van der Waals surface area contributed by atoms with Crippen LogP contribution >= 0.6 is 11.8 Å². The maximum absolute atomic E-state index is 12.3. The Morgan fingerprint density at radius 2 is 2.00 bits per heavy atom. The van der Waals surface area contributed by atoms with Gasteiger partial charge in [0.05, 0.1) is 4.87 Å². The molecule has 1 fully saturated rings. The summed E-state index contributed by atoms with van der Waals surface area (Å²) in [5, 5.41) is 2.98. The summed E-state index contributed by atoms with van der Waals surface area (Å²) in [5.41, 5.74) is 0.862. The van der Waals surface area contributed by atoms with Crippen molar-refractivity contribution in [2.45, 2.75) is 31.6 Å². The van der Waals surface area contributed by atoms with Gasteiger partial charge < -0.3 is 10.2 Å². The maximum atomic E-state index is 12.3. The van der Waals surface area contributed by atoms with Gasteiger partial charge in [-0.1, -0.05) is 32.0 Å². The Kier molecular flexibility index (Phi) is 4.17. The van der Waals surface area contributed by atoms with Gasteiger partial charge in [-0.05, 0) is 25.0 Å². The molecular weight excluding hydrogens is 244 g/mol. The van der Waals surface area contributed by atoms with Crippen LogP contribution in [-0.2, 0) is 0 Å². The van der Waals surface area contributed by atoms with Crippen molar-refractivity contribution >= 4 is 23.5 Å². The van der Waals surface area contributed by atoms with Crippen LogP contribution in [0.1, 0.15) is 26.7 Å². The van der Waals surface area contributed by atoms with Gasteiger partial charge in [0.1, 0.15) is 0 Å². The van der Waals surface area contributed by atoms with Gasteiger partial charge in [-0.15, -0.1) is 11.8 Å². The minimum atomic E-state index is -0.0150. The fraction of sp³-hybridized carbons (Fsp3) is 0.500. The third-order valence-electron chi connectivity index (χ3n) is 3.55. The number of carbonyl (C=O) groups is 1. The van der Waals surface area contributed by atoms with Crippen LogP contribution in [0, 0.1) is 0 Å². The Morgan fingerprint density at radius 1 is 1.33 bits per heavy atom. The average Bonchev–Trinajstić information content (AvgIpc) is 2.84. The zero-order valence-corrected chi connectivity index (χ0v) is 11.8. The molecule has 0 aromatic heterocycles. The van der Waals surface area contributed by atoms with Gasteiger partial charge in [-0.2, -0.15) is 0 Å². The van der Waals surface area contributed by atoms with Crippen molar-refractivity contribution in [3.63, 3.8) is 0 Å². The fourth-order valence-corrected chi connectivity index (χ4v) is 3.84. The van der Waals surface area contributed by atoms with Gasteiger partial charge in [0.2, 0.25) is 0 Å². The molecule has 3 nitrogen and oxygen atoms in total. The molecule has 98 valence electrons. The lowest BCUT2D eigenvalue weighted by atomic mass is 10.1. The normalized spacial score (nSPS) is 17.8. The van der Waals surface area contributed by atoms with Crippen molar-refractivity contribution < 1.29 is 4.79 Å². The molecule has 0 aliphatic carbocycles. The molecule has 1 aromatic rings. The van der Waals surface area contributed by atoms with Crippen LogP contribution in [0.25, 0.3) is 0 Å². The fourth-order valence-electron chi connectivity index (χ4n) is 2.44. The van der Waals surface area contributed by atoms with E-state index in [-0.39, 0.29) is 10.9 Å². The minimum Gasteiger partial charge on any atom is -0.309 e. The maximum Gasteiger partial charge on any atom is 0.322 e. The molecule has 0 bridgehead atoms. The monoisotopic (exact) mass is 264 g/mol. The van der Waals surface area contributed by atoms with Crippen LogP contribution in [0.15, 0.2) is 30.3 Å². The number of amides is 2. The highest BCUT2D eigenvalue weighted by molar-refractivity contribution is 8.00. The largest absolute Gasteiger partial charge is 0.322 e. The first kappa shape index (κ1) is 13.3. The van der Waals surface area contributed by atoms with Crippen molar-refractivity contribution in [2.75, 3.05) is 17.6 Å². The molecule has 0 unspecified atom stereocenters. The lowest BCUT2D eigenvalue weighted by Gasteiger charge is -2.36. The molecule has 0 saturated carbocycles. The summed E-state index contributed by atoms with van der Waals surface area (Å²) in [6.07, 6.45) is 1.99. The summed E-state index contributed by atoms with van der Waals surface area (Å²) in [4.78, 5) is 14.3. The molecule has 1 saturated heterocycles. The van der Waals surface area contributed by atoms with Crippen LogP contribution in [0.2, 0.25) is 0 Å². The number of hydrogen-bond donors (Lipinski definition) is 1. The Hall–Kier alpha value is -1.16. The van der Waals surface area contributed by atoms with Gasteiger partial charge in [-0.25, -0.2) is 4.79 Å². The molecule has 1 N–H and O–H groups in total. The first-order valence-electron chi connectivity index (χ1n) is 6.49. The van der Waals surface area contributed by atoms with Gasteiger partial charge >= 0.3 is 6.03 Å². The first-order valence-corrected chi connectivity index (χ1v) is 7.48. The zero-order valence-electron chi connectivity index (χ0n) is 11.0. The summed E-state index contributed by atoms with van der Waals surface area (Å²) in [6.45, 7) is 5.15. The van der Waals surface area contributed by atoms with E-state index in [9.17, 15) is 4.79 Å². The van der Waals surface area contributed by atoms with Crippen molar-refractivity contribution in [1.82, 2.24) is 4.90 Å². The van der Waals surface area contributed by atoms with E-state index in [2.05, 4.69) is 19.2 Å². The van der Waals surface area contributed by atoms with Crippen LogP contribution in [0.4, 0.5) is 10.5 Å². The van der Waals surface area contributed by atoms with E-state index in [1.807, 2.05) is 47.0 Å². The molecule has 0 spiro atoms. The topological polar surface area (TPSA) is 32.3 Å². The number of anilines is 1. The molecule has 4 heteroatoms. The van der Waals surface area contributed by atoms with Gasteiger partial charge in [0.25, 0.3) is 0 Å². The summed E-state index contributed by atoms with van der Waals surface area (Å²) in [6, 6.07) is 9.67. The number of urea groups is 1. The van der Waals surface area contributed by atoms with Crippen LogP contribution in [0.3, 0.4) is 0 Å². The van der Waals surface area contributed by atoms with Crippen molar-refractivity contribution in [1.29, 1.82) is 0 Å². The number of rotatable bonds is 3. The second-order valence-corrected chi connectivity index (χ2v) is 5.91. The predicted octanol–water partition coefficient (Wildman–Crippen LogP) is 3.78. The highest BCUT2D eigenvalue weighted by Crippen LogP contribution is 2.41. The van der Waals surface area contributed by atoms with E-state index in [0.717, 1.165) is 30.8 Å². The van der Waals surface area contributed by atoms with E-state index >= 15 is 0 Å². The van der Waals surface area contributed by atoms with E-state index < -0.39 is 0 Å². The van der Waals surface area contributed by atoms with E-state index in [4.69, 9.17) is 0 Å². The molecule has 0 radical (unpaired) electrons. The lowest BCUT2D eigenvalue weighted by Crippen LogP contribution is -2.47. The van der Waals surface area contributed by atoms with E-state index in [0.29, 0.717) is 0 Å². The third kappa shape index (κ3) is 2.48. The molecule has 2 rings (SSSR count). The summed E-state index contributed by atoms with van der Waals surface area (Å²) in [5.74, 6) is 1.03. The zero-order chi connectivity index (χ0) is 13.0. The molecule has 1 aliphatic heterocycles. The molecule has 1 aromatic carbocycles. The smallest absolute Gasteiger partial charge is 0.309 e. The highest BCUT2D eigenvalue weighted by atomic mass is 32.2. The summed E-state index contributed by atoms with van der Waals surface area (Å²) >= 11 is 1.90. The number of para-hydroxylation sites is 1. The average molecular weight is 264 g/mol. The minimum absolute atomic E-state index is 0.0150. The van der Waals surface area contributed by atoms with Crippen LogP contribution in [0.5, 0.6) is 0 Å². The Balaban J connectivity index is 2.09. The predicted molar refractivity (Wildman–Crippen MR) is 77.9 cm³/mol. The van der Waals surface area contributed by atoms with Gasteiger partial charge in [0.15, 0.2) is 0 Å². The van der Waals surface area contributed by atoms with Crippen molar-refractivity contribution in [3.05, 3.63) is 30.3 Å². The Bertz CT molecular complexity index is 404. The third-order valence-corrected chi connectivity index (χ3v) is 5.27.